The molecule has 134 valence electrons. The fraction of sp³-hybridized carbons (Fsp3) is 0.611. The summed E-state index contributed by atoms with van der Waals surface area (Å²) >= 11 is 5.96. The van der Waals surface area contributed by atoms with Crippen LogP contribution in [0.15, 0.2) is 29.3 Å². The number of benzene rings is 1. The van der Waals surface area contributed by atoms with Crippen LogP contribution >= 0.6 is 11.6 Å². The first-order valence-corrected chi connectivity index (χ1v) is 8.95. The van der Waals surface area contributed by atoms with E-state index in [4.69, 9.17) is 16.3 Å². The van der Waals surface area contributed by atoms with Crippen molar-refractivity contribution in [2.75, 3.05) is 53.9 Å². The summed E-state index contributed by atoms with van der Waals surface area (Å²) in [4.78, 5) is 8.87. The maximum absolute atomic E-state index is 5.96. The van der Waals surface area contributed by atoms with Crippen LogP contribution in [0, 0.1) is 5.92 Å². The molecule has 0 aromatic heterocycles. The average Bonchev–Trinajstić information content (AvgIpc) is 2.55. The summed E-state index contributed by atoms with van der Waals surface area (Å²) in [5.41, 5.74) is 0. The van der Waals surface area contributed by atoms with Crippen LogP contribution in [-0.2, 0) is 0 Å². The number of halogens is 1. The molecule has 1 fully saturated rings. The van der Waals surface area contributed by atoms with Gasteiger partial charge in [0, 0.05) is 32.2 Å². The number of nitrogens with one attached hydrogen (secondary N) is 1. The van der Waals surface area contributed by atoms with Crippen molar-refractivity contribution in [2.24, 2.45) is 10.9 Å². The molecule has 1 saturated heterocycles. The standard InChI is InChI=1S/C18H29ClN4O/c1-20-18(21-13-15-6-5-9-22(2)14-15)23(3)10-11-24-17-8-4-7-16(19)12-17/h4,7-8,12,15H,5-6,9-11,13-14H2,1-3H3,(H,20,21). The van der Waals surface area contributed by atoms with Crippen molar-refractivity contribution in [2.45, 2.75) is 12.8 Å². The molecule has 0 saturated carbocycles. The molecule has 0 bridgehead atoms. The Kier molecular flexibility index (Phi) is 7.66. The molecule has 0 radical (unpaired) electrons. The number of hydrogen-bond acceptors (Lipinski definition) is 3. The van der Waals surface area contributed by atoms with Gasteiger partial charge in [0.25, 0.3) is 0 Å². The zero-order valence-electron chi connectivity index (χ0n) is 15.0. The van der Waals surface area contributed by atoms with Gasteiger partial charge in [0.15, 0.2) is 5.96 Å². The van der Waals surface area contributed by atoms with Crippen LogP contribution in [0.2, 0.25) is 5.02 Å². The second-order valence-electron chi connectivity index (χ2n) is 6.43. The molecule has 1 aromatic carbocycles. The van der Waals surface area contributed by atoms with E-state index in [0.717, 1.165) is 31.3 Å². The summed E-state index contributed by atoms with van der Waals surface area (Å²) in [5.74, 6) is 2.40. The predicted octanol–water partition coefficient (Wildman–Crippen LogP) is 2.57. The van der Waals surface area contributed by atoms with Crippen LogP contribution in [-0.4, -0.2) is 69.7 Å². The first-order valence-electron chi connectivity index (χ1n) is 8.57. The highest BCUT2D eigenvalue weighted by atomic mass is 35.5. The predicted molar refractivity (Wildman–Crippen MR) is 101 cm³/mol. The molecule has 1 aliphatic rings. The number of piperidine rings is 1. The molecule has 6 heteroatoms. The molecule has 1 aliphatic heterocycles. The lowest BCUT2D eigenvalue weighted by atomic mass is 9.99. The number of ether oxygens (including phenoxy) is 1. The highest BCUT2D eigenvalue weighted by Crippen LogP contribution is 2.17. The summed E-state index contributed by atoms with van der Waals surface area (Å²) in [6.45, 7) is 4.69. The summed E-state index contributed by atoms with van der Waals surface area (Å²) in [5, 5.41) is 4.18. The minimum absolute atomic E-state index is 0.587. The number of aliphatic imine (C=N–C) groups is 1. The van der Waals surface area contributed by atoms with Crippen LogP contribution in [0.1, 0.15) is 12.8 Å². The van der Waals surface area contributed by atoms with E-state index < -0.39 is 0 Å². The Morgan fingerprint density at radius 1 is 1.50 bits per heavy atom. The van der Waals surface area contributed by atoms with Gasteiger partial charge < -0.3 is 19.9 Å². The highest BCUT2D eigenvalue weighted by Gasteiger charge is 2.17. The van der Waals surface area contributed by atoms with Gasteiger partial charge in [0.2, 0.25) is 0 Å². The van der Waals surface area contributed by atoms with Gasteiger partial charge in [-0.2, -0.15) is 0 Å². The quantitative estimate of drug-likeness (QED) is 0.631. The molecule has 1 atom stereocenters. The molecule has 2 rings (SSSR count). The van der Waals surface area contributed by atoms with E-state index in [-0.39, 0.29) is 0 Å². The van der Waals surface area contributed by atoms with Crippen molar-refractivity contribution in [3.63, 3.8) is 0 Å². The number of likely N-dealkylation sites (N-methyl/N-ethyl adjacent to an activating group) is 1. The molecule has 5 nitrogen and oxygen atoms in total. The van der Waals surface area contributed by atoms with Gasteiger partial charge in [-0.15, -0.1) is 0 Å². The van der Waals surface area contributed by atoms with Crippen molar-refractivity contribution >= 4 is 17.6 Å². The Morgan fingerprint density at radius 3 is 3.04 bits per heavy atom. The third kappa shape index (κ3) is 6.21. The van der Waals surface area contributed by atoms with Crippen molar-refractivity contribution in [1.82, 2.24) is 15.1 Å². The minimum atomic E-state index is 0.587. The molecular weight excluding hydrogens is 324 g/mol. The van der Waals surface area contributed by atoms with Gasteiger partial charge >= 0.3 is 0 Å². The summed E-state index contributed by atoms with van der Waals surface area (Å²) in [7, 11) is 6.05. The average molecular weight is 353 g/mol. The molecule has 1 aromatic rings. The van der Waals surface area contributed by atoms with E-state index in [0.29, 0.717) is 17.5 Å². The minimum Gasteiger partial charge on any atom is -0.492 e. The highest BCUT2D eigenvalue weighted by molar-refractivity contribution is 6.30. The molecule has 24 heavy (non-hydrogen) atoms. The smallest absolute Gasteiger partial charge is 0.193 e. The number of guanidine groups is 1. The zero-order valence-corrected chi connectivity index (χ0v) is 15.7. The van der Waals surface area contributed by atoms with Gasteiger partial charge in [-0.1, -0.05) is 17.7 Å². The first-order chi connectivity index (χ1) is 11.6. The first kappa shape index (κ1) is 18.9. The maximum atomic E-state index is 5.96. The lowest BCUT2D eigenvalue weighted by molar-refractivity contribution is 0.209. The van der Waals surface area contributed by atoms with E-state index in [2.05, 4.69) is 27.2 Å². The third-order valence-corrected chi connectivity index (χ3v) is 4.57. The number of likely N-dealkylation sites (tertiary alicyclic amines) is 1. The van der Waals surface area contributed by atoms with E-state index in [1.807, 2.05) is 38.4 Å². The van der Waals surface area contributed by atoms with Crippen molar-refractivity contribution < 1.29 is 4.74 Å². The van der Waals surface area contributed by atoms with Gasteiger partial charge in [-0.25, -0.2) is 0 Å². The maximum Gasteiger partial charge on any atom is 0.193 e. The second-order valence-corrected chi connectivity index (χ2v) is 6.86. The molecule has 0 amide bonds. The van der Waals surface area contributed by atoms with E-state index in [1.165, 1.54) is 19.4 Å². The summed E-state index contributed by atoms with van der Waals surface area (Å²) < 4.78 is 5.75. The van der Waals surface area contributed by atoms with Crippen molar-refractivity contribution in [1.29, 1.82) is 0 Å². The molecule has 0 spiro atoms. The van der Waals surface area contributed by atoms with Crippen molar-refractivity contribution in [3.05, 3.63) is 29.3 Å². The van der Waals surface area contributed by atoms with Gasteiger partial charge in [0.05, 0.1) is 6.54 Å². The lowest BCUT2D eigenvalue weighted by Crippen LogP contribution is -2.45. The Bertz CT molecular complexity index is 538. The second kappa shape index (κ2) is 9.74. The van der Waals surface area contributed by atoms with Crippen LogP contribution < -0.4 is 10.1 Å². The normalized spacial score (nSPS) is 19.2. The van der Waals surface area contributed by atoms with Crippen LogP contribution in [0.5, 0.6) is 5.75 Å². The van der Waals surface area contributed by atoms with Crippen LogP contribution in [0.4, 0.5) is 0 Å². The summed E-state index contributed by atoms with van der Waals surface area (Å²) in [6.07, 6.45) is 2.57. The molecule has 1 heterocycles. The zero-order chi connectivity index (χ0) is 17.4. The van der Waals surface area contributed by atoms with E-state index in [1.54, 1.807) is 0 Å². The number of rotatable bonds is 6. The van der Waals surface area contributed by atoms with E-state index in [9.17, 15) is 0 Å². The lowest BCUT2D eigenvalue weighted by Gasteiger charge is -2.31. The number of nitrogens with zero attached hydrogens (tertiary/aromatic N) is 3. The Labute approximate surface area is 150 Å². The monoisotopic (exact) mass is 352 g/mol. The van der Waals surface area contributed by atoms with Crippen LogP contribution in [0.25, 0.3) is 0 Å². The van der Waals surface area contributed by atoms with Gasteiger partial charge in [-0.05, 0) is 50.6 Å². The molecule has 0 aliphatic carbocycles. The van der Waals surface area contributed by atoms with E-state index >= 15 is 0 Å². The molecule has 1 N–H and O–H groups in total. The number of hydrogen-bond donors (Lipinski definition) is 1. The third-order valence-electron chi connectivity index (χ3n) is 4.34. The largest absolute Gasteiger partial charge is 0.492 e. The Morgan fingerprint density at radius 2 is 2.33 bits per heavy atom. The van der Waals surface area contributed by atoms with Gasteiger partial charge in [0.1, 0.15) is 12.4 Å². The Hall–Kier alpha value is -1.46. The summed E-state index contributed by atoms with van der Waals surface area (Å²) in [6, 6.07) is 7.48. The SMILES string of the molecule is CN=C(NCC1CCCN(C)C1)N(C)CCOc1cccc(Cl)c1. The molecule has 1 unspecified atom stereocenters. The molecular formula is C18H29ClN4O. The van der Waals surface area contributed by atoms with Gasteiger partial charge in [-0.3, -0.25) is 4.99 Å². The Balaban J connectivity index is 1.71. The van der Waals surface area contributed by atoms with Crippen LogP contribution in [0.3, 0.4) is 0 Å². The topological polar surface area (TPSA) is 40.1 Å². The fourth-order valence-corrected chi connectivity index (χ4v) is 3.20. The van der Waals surface area contributed by atoms with Crippen molar-refractivity contribution in [3.8, 4) is 5.75 Å². The fourth-order valence-electron chi connectivity index (χ4n) is 3.02.